The molecule has 5 heterocycles. The Morgan fingerprint density at radius 1 is 0.961 bits per heavy atom. The number of hydrogen-bond donors (Lipinski definition) is 5. The number of aliphatic hydroxyl groups excluding tert-OH is 2. The van der Waals surface area contributed by atoms with Crippen LogP contribution in [0.3, 0.4) is 0 Å². The van der Waals surface area contributed by atoms with Crippen LogP contribution < -0.4 is 16.0 Å². The normalized spacial score (nSPS) is 20.9. The lowest BCUT2D eigenvalue weighted by atomic mass is 9.91. The van der Waals surface area contributed by atoms with Crippen molar-refractivity contribution in [3.63, 3.8) is 0 Å². The molecule has 3 aromatic heterocycles. The number of nitrogens with zero attached hydrogens (tertiary/aromatic N) is 9. The van der Waals surface area contributed by atoms with Crippen LogP contribution in [0.2, 0.25) is 0 Å². The number of likely N-dealkylation sites (tertiary alicyclic amines) is 1. The van der Waals surface area contributed by atoms with Crippen molar-refractivity contribution >= 4 is 23.0 Å². The number of aryl methyl sites for hydroxylation is 1. The van der Waals surface area contributed by atoms with Crippen LogP contribution in [0.4, 0.5) is 10.6 Å². The number of anilines is 1. The van der Waals surface area contributed by atoms with Gasteiger partial charge in [0.2, 0.25) is 5.82 Å². The maximum atomic E-state index is 12.8. The Balaban J connectivity index is 1.15. The Labute approximate surface area is 295 Å². The molecule has 2 fully saturated rings. The monoisotopic (exact) mass is 696 g/mol. The van der Waals surface area contributed by atoms with E-state index in [0.29, 0.717) is 42.4 Å². The van der Waals surface area contributed by atoms with Crippen LogP contribution in [0.25, 0.3) is 11.2 Å². The molecule has 5 aromatic rings. The molecule has 7 rings (SSSR count). The van der Waals surface area contributed by atoms with Gasteiger partial charge in [-0.15, -0.1) is 10.2 Å². The zero-order valence-corrected chi connectivity index (χ0v) is 28.5. The van der Waals surface area contributed by atoms with Crippen LogP contribution in [0.1, 0.15) is 67.2 Å². The number of carbonyl (C=O) groups is 1. The molecule has 4 atom stereocenters. The van der Waals surface area contributed by atoms with Crippen molar-refractivity contribution in [1.82, 2.24) is 55.3 Å². The topological polar surface area (TPSA) is 193 Å². The molecule has 0 aliphatic carbocycles. The average molecular weight is 697 g/mol. The minimum Gasteiger partial charge on any atom is -0.387 e. The lowest BCUT2D eigenvalue weighted by Gasteiger charge is -2.26. The van der Waals surface area contributed by atoms with E-state index in [1.807, 2.05) is 43.3 Å². The number of amides is 2. The standard InChI is InChI=1S/C35H44N12O4/c1-2-47-43-32(42-44-47)30-28(48)29(49)34(51-30)46-22-39-27-31(37-20-25(23-12-6-3-7-13-23)24-14-8-4-9-15-24)40-26(41-33(27)46)21-38-35(50)36-16-19-45-17-10-5-11-18-45/h3-4,6-9,12-15,22,25,28-30,34,48-49H,2,5,10-11,16-21H2,1H3,(H2,36,38,50)(H,37,40,41)/t28-,29-,30-,34+/m0/s1. The fourth-order valence-electron chi connectivity index (χ4n) is 6.69. The smallest absolute Gasteiger partial charge is 0.315 e. The van der Waals surface area contributed by atoms with E-state index in [1.165, 1.54) is 30.4 Å². The Morgan fingerprint density at radius 3 is 2.37 bits per heavy atom. The Bertz CT molecular complexity index is 1840. The van der Waals surface area contributed by atoms with E-state index < -0.39 is 24.5 Å². The van der Waals surface area contributed by atoms with Crippen molar-refractivity contribution in [2.45, 2.75) is 69.7 Å². The quantitative estimate of drug-likeness (QED) is 0.121. The van der Waals surface area contributed by atoms with Crippen molar-refractivity contribution in [3.8, 4) is 0 Å². The lowest BCUT2D eigenvalue weighted by molar-refractivity contribution is -0.0384. The fourth-order valence-corrected chi connectivity index (χ4v) is 6.69. The van der Waals surface area contributed by atoms with E-state index in [4.69, 9.17) is 14.7 Å². The first kappa shape index (κ1) is 34.4. The molecule has 51 heavy (non-hydrogen) atoms. The number of fused-ring (bicyclic) bond motifs is 1. The fraction of sp³-hybridized carbons (Fsp3) is 0.457. The van der Waals surface area contributed by atoms with E-state index in [9.17, 15) is 15.0 Å². The van der Waals surface area contributed by atoms with Crippen LogP contribution in [0.15, 0.2) is 67.0 Å². The van der Waals surface area contributed by atoms with Crippen molar-refractivity contribution in [1.29, 1.82) is 0 Å². The minimum atomic E-state index is -1.35. The van der Waals surface area contributed by atoms with Gasteiger partial charge in [-0.25, -0.2) is 19.7 Å². The lowest BCUT2D eigenvalue weighted by Crippen LogP contribution is -2.41. The molecule has 268 valence electrons. The zero-order chi connectivity index (χ0) is 35.2. The molecule has 2 amide bonds. The molecule has 2 aliphatic heterocycles. The minimum absolute atomic E-state index is 0.00770. The highest BCUT2D eigenvalue weighted by molar-refractivity contribution is 5.83. The average Bonchev–Trinajstić information content (AvgIpc) is 3.90. The Hall–Kier alpha value is -5.03. The molecular weight excluding hydrogens is 652 g/mol. The van der Waals surface area contributed by atoms with E-state index in [2.05, 4.69) is 65.5 Å². The number of hydrogen-bond acceptors (Lipinski definition) is 12. The van der Waals surface area contributed by atoms with Gasteiger partial charge in [0.1, 0.15) is 12.2 Å². The Kier molecular flexibility index (Phi) is 10.7. The first-order chi connectivity index (χ1) is 25.0. The number of aliphatic hydroxyl groups is 2. The van der Waals surface area contributed by atoms with Gasteiger partial charge in [-0.3, -0.25) is 4.57 Å². The second-order valence-corrected chi connectivity index (χ2v) is 12.8. The van der Waals surface area contributed by atoms with Gasteiger partial charge in [-0.05, 0) is 49.2 Å². The van der Waals surface area contributed by atoms with Crippen molar-refractivity contribution in [3.05, 3.63) is 89.8 Å². The summed E-state index contributed by atoms with van der Waals surface area (Å²) in [7, 11) is 0. The number of nitrogens with one attached hydrogen (secondary N) is 3. The van der Waals surface area contributed by atoms with Gasteiger partial charge in [-0.1, -0.05) is 67.1 Å². The van der Waals surface area contributed by atoms with E-state index in [0.717, 1.165) is 30.8 Å². The molecule has 2 aliphatic rings. The van der Waals surface area contributed by atoms with Crippen LogP contribution in [0.5, 0.6) is 0 Å². The SMILES string of the molecule is CCn1nnc([C@H]2O[C@@H](n3cnc4c(NCC(c5ccccc5)c5ccccc5)nc(CNC(=O)NCCN5CCCCC5)nc43)[C@@H](O)[C@@H]2O)n1. The molecule has 0 radical (unpaired) electrons. The van der Waals surface area contributed by atoms with Crippen molar-refractivity contribution in [2.24, 2.45) is 0 Å². The number of tetrazole rings is 1. The first-order valence-electron chi connectivity index (χ1n) is 17.6. The molecule has 16 nitrogen and oxygen atoms in total. The summed E-state index contributed by atoms with van der Waals surface area (Å²) in [5, 5.41) is 43.7. The zero-order valence-electron chi connectivity index (χ0n) is 28.5. The third kappa shape index (κ3) is 7.83. The van der Waals surface area contributed by atoms with Gasteiger partial charge >= 0.3 is 6.03 Å². The summed E-state index contributed by atoms with van der Waals surface area (Å²) in [5.41, 5.74) is 3.05. The molecule has 2 aromatic carbocycles. The molecule has 5 N–H and O–H groups in total. The van der Waals surface area contributed by atoms with Gasteiger partial charge < -0.3 is 35.8 Å². The molecule has 16 heteroatoms. The summed E-state index contributed by atoms with van der Waals surface area (Å²) < 4.78 is 7.71. The first-order valence-corrected chi connectivity index (χ1v) is 17.6. The van der Waals surface area contributed by atoms with E-state index in [-0.39, 0.29) is 24.3 Å². The number of imidazole rings is 1. The molecule has 0 spiro atoms. The summed E-state index contributed by atoms with van der Waals surface area (Å²) in [6.45, 7) is 6.33. The third-order valence-corrected chi connectivity index (χ3v) is 9.43. The highest BCUT2D eigenvalue weighted by Crippen LogP contribution is 2.39. The summed E-state index contributed by atoms with van der Waals surface area (Å²) in [6, 6.07) is 20.1. The second kappa shape index (κ2) is 15.9. The number of ether oxygens (including phenoxy) is 1. The van der Waals surface area contributed by atoms with E-state index >= 15 is 0 Å². The number of piperidine rings is 1. The summed E-state index contributed by atoms with van der Waals surface area (Å²) in [5.74, 6) is 0.934. The molecule has 0 bridgehead atoms. The maximum Gasteiger partial charge on any atom is 0.315 e. The number of carbonyl (C=O) groups excluding carboxylic acids is 1. The summed E-state index contributed by atoms with van der Waals surface area (Å²) >= 11 is 0. The second-order valence-electron chi connectivity index (χ2n) is 12.8. The number of urea groups is 1. The maximum absolute atomic E-state index is 12.8. The van der Waals surface area contributed by atoms with Crippen LogP contribution in [0, 0.1) is 0 Å². The number of aromatic nitrogens is 8. The van der Waals surface area contributed by atoms with Gasteiger partial charge in [0, 0.05) is 25.6 Å². The van der Waals surface area contributed by atoms with Crippen molar-refractivity contribution < 1.29 is 19.7 Å². The highest BCUT2D eigenvalue weighted by Gasteiger charge is 2.47. The number of benzene rings is 2. The van der Waals surface area contributed by atoms with Crippen LogP contribution >= 0.6 is 0 Å². The van der Waals surface area contributed by atoms with Crippen molar-refractivity contribution in [2.75, 3.05) is 38.0 Å². The van der Waals surface area contributed by atoms with Gasteiger partial charge in [0.05, 0.1) is 19.4 Å². The van der Waals surface area contributed by atoms with Gasteiger partial charge in [-0.2, -0.15) is 4.80 Å². The predicted molar refractivity (Wildman–Crippen MR) is 187 cm³/mol. The molecule has 2 saturated heterocycles. The third-order valence-electron chi connectivity index (χ3n) is 9.43. The summed E-state index contributed by atoms with van der Waals surface area (Å²) in [4.78, 5) is 30.7. The number of rotatable bonds is 13. The van der Waals surface area contributed by atoms with Crippen LogP contribution in [-0.4, -0.2) is 106 Å². The highest BCUT2D eigenvalue weighted by atomic mass is 16.6. The summed E-state index contributed by atoms with van der Waals surface area (Å²) in [6.07, 6.45) is 0.387. The molecule has 0 saturated carbocycles. The molecular formula is C35H44N12O4. The largest absolute Gasteiger partial charge is 0.387 e. The Morgan fingerprint density at radius 2 is 1.69 bits per heavy atom. The van der Waals surface area contributed by atoms with Gasteiger partial charge in [0.15, 0.2) is 35.1 Å². The van der Waals surface area contributed by atoms with E-state index in [1.54, 1.807) is 4.57 Å². The van der Waals surface area contributed by atoms with Gasteiger partial charge in [0.25, 0.3) is 0 Å². The molecule has 0 unspecified atom stereocenters. The van der Waals surface area contributed by atoms with Crippen LogP contribution in [-0.2, 0) is 17.8 Å². The predicted octanol–water partition coefficient (Wildman–Crippen LogP) is 2.35.